The van der Waals surface area contributed by atoms with Crippen LogP contribution in [-0.4, -0.2) is 50.7 Å². The number of nitrogens with two attached hydrogens (primary N) is 1. The van der Waals surface area contributed by atoms with Gasteiger partial charge >= 0.3 is 8.60 Å². The third-order valence-corrected chi connectivity index (χ3v) is 8.13. The van der Waals surface area contributed by atoms with E-state index in [4.69, 9.17) is 24.0 Å². The zero-order valence-corrected chi connectivity index (χ0v) is 23.3. The summed E-state index contributed by atoms with van der Waals surface area (Å²) >= 11 is 1.28. The van der Waals surface area contributed by atoms with E-state index >= 15 is 0 Å². The Hall–Kier alpha value is -2.46. The maximum Gasteiger partial charge on any atom is 0.397 e. The molecule has 0 bridgehead atoms. The molecule has 37 heavy (non-hydrogen) atoms. The predicted octanol–water partition coefficient (Wildman–Crippen LogP) is 5.35. The second-order valence-corrected chi connectivity index (χ2v) is 12.0. The number of nitrogen functional groups attached to an aromatic ring is 1. The Kier molecular flexibility index (Phi) is 9.23. The van der Waals surface area contributed by atoms with Crippen LogP contribution in [0, 0.1) is 11.3 Å². The third kappa shape index (κ3) is 7.31. The van der Waals surface area contributed by atoms with Gasteiger partial charge in [0.25, 0.3) is 0 Å². The van der Waals surface area contributed by atoms with Crippen molar-refractivity contribution in [3.63, 3.8) is 0 Å². The number of hydrogen-bond donors (Lipinski definition) is 1. The first-order valence-electron chi connectivity index (χ1n) is 12.2. The van der Waals surface area contributed by atoms with Crippen molar-refractivity contribution >= 4 is 42.6 Å². The average molecular weight is 548 g/mol. The van der Waals surface area contributed by atoms with E-state index in [-0.39, 0.29) is 28.4 Å². The van der Waals surface area contributed by atoms with E-state index in [0.29, 0.717) is 36.0 Å². The number of carbonyl (C=O) groups is 1. The van der Waals surface area contributed by atoms with E-state index in [2.05, 4.69) is 33.2 Å². The molecule has 0 saturated carbocycles. The van der Waals surface area contributed by atoms with Crippen molar-refractivity contribution in [1.82, 2.24) is 19.5 Å². The maximum atomic E-state index is 12.2. The topological polar surface area (TPSA) is 124 Å². The number of anilines is 1. The van der Waals surface area contributed by atoms with E-state index in [1.54, 1.807) is 6.33 Å². The normalized spacial score (nSPS) is 20.3. The molecule has 0 saturated heterocycles. The molecule has 2 aromatic heterocycles. The molecular formula is C25H34N5O5PS. The fourth-order valence-corrected chi connectivity index (χ4v) is 5.78. The van der Waals surface area contributed by atoms with E-state index in [0.717, 1.165) is 25.0 Å². The highest BCUT2D eigenvalue weighted by molar-refractivity contribution is 8.13. The summed E-state index contributed by atoms with van der Waals surface area (Å²) in [6.45, 7) is 6.55. The van der Waals surface area contributed by atoms with Crippen molar-refractivity contribution in [1.29, 1.82) is 0 Å². The van der Waals surface area contributed by atoms with Crippen molar-refractivity contribution < 1.29 is 23.1 Å². The lowest BCUT2D eigenvalue weighted by atomic mass is 10.00. The standard InChI is InChI=1S/C25H34N5O5PS/c1-25(2,3)23(31)37-13-12-33-36(35-19-8-6-5-7-9-19)34-15-17-10-11-18(14-17)30-16-27-20-21(30)28-24(26)29-22(20)32-4/h6,8-11,16-18H,5,7,12-15H2,1-4H3,(H2,26,28,29)/t17-,18+,36?/m1/s1. The summed E-state index contributed by atoms with van der Waals surface area (Å²) in [6.07, 6.45) is 14.8. The Balaban J connectivity index is 1.33. The summed E-state index contributed by atoms with van der Waals surface area (Å²) < 4.78 is 25.4. The van der Waals surface area contributed by atoms with Gasteiger partial charge in [-0.05, 0) is 31.4 Å². The number of imidazole rings is 1. The molecule has 2 aliphatic carbocycles. The minimum atomic E-state index is -1.61. The third-order valence-electron chi connectivity index (χ3n) is 5.77. The fourth-order valence-electron chi connectivity index (χ4n) is 3.83. The first-order chi connectivity index (χ1) is 17.7. The lowest BCUT2D eigenvalue weighted by Crippen LogP contribution is -2.17. The number of hydrogen-bond acceptors (Lipinski definition) is 10. The minimum absolute atomic E-state index is 0.0504. The Labute approximate surface area is 222 Å². The van der Waals surface area contributed by atoms with Gasteiger partial charge in [-0.25, -0.2) is 4.98 Å². The Morgan fingerprint density at radius 3 is 2.81 bits per heavy atom. The van der Waals surface area contributed by atoms with Crippen molar-refractivity contribution in [2.75, 3.05) is 31.8 Å². The number of ether oxygens (including phenoxy) is 1. The average Bonchev–Trinajstić information content (AvgIpc) is 3.51. The Bertz CT molecular complexity index is 1190. The van der Waals surface area contributed by atoms with Crippen LogP contribution in [-0.2, 0) is 18.4 Å². The summed E-state index contributed by atoms with van der Waals surface area (Å²) in [5.41, 5.74) is 6.69. The van der Waals surface area contributed by atoms with Gasteiger partial charge in [0.2, 0.25) is 11.8 Å². The van der Waals surface area contributed by atoms with Gasteiger partial charge in [-0.3, -0.25) is 4.79 Å². The summed E-state index contributed by atoms with van der Waals surface area (Å²) in [7, 11) is -0.0745. The van der Waals surface area contributed by atoms with E-state index in [9.17, 15) is 4.79 Å². The molecule has 2 aromatic rings. The van der Waals surface area contributed by atoms with Crippen LogP contribution >= 0.6 is 20.4 Å². The SMILES string of the molecule is COc1nc(N)nc2c1ncn2[C@H]1C=C[C@@H](COP(OCCSC(=O)C(C)(C)C)OC2=CCCC=C2)C1. The summed E-state index contributed by atoms with van der Waals surface area (Å²) in [5, 5.41) is 0.138. The molecule has 1 unspecified atom stereocenters. The molecule has 12 heteroatoms. The molecule has 4 rings (SSSR count). The minimum Gasteiger partial charge on any atom is -0.479 e. The highest BCUT2D eigenvalue weighted by Crippen LogP contribution is 2.44. The quantitative estimate of drug-likeness (QED) is 0.224. The van der Waals surface area contributed by atoms with Gasteiger partial charge in [-0.1, -0.05) is 50.8 Å². The van der Waals surface area contributed by atoms with Gasteiger partial charge in [0.15, 0.2) is 16.3 Å². The maximum absolute atomic E-state index is 12.2. The molecule has 0 aliphatic heterocycles. The summed E-state index contributed by atoms with van der Waals surface area (Å²) in [4.78, 5) is 25.1. The molecule has 0 spiro atoms. The van der Waals surface area contributed by atoms with Gasteiger partial charge in [0, 0.05) is 17.1 Å². The molecular weight excluding hydrogens is 513 g/mol. The molecule has 2 heterocycles. The number of fused-ring (bicyclic) bond motifs is 1. The van der Waals surface area contributed by atoms with E-state index in [1.165, 1.54) is 18.9 Å². The van der Waals surface area contributed by atoms with Gasteiger partial charge in [-0.15, -0.1) is 0 Å². The van der Waals surface area contributed by atoms with Crippen LogP contribution in [0.2, 0.25) is 0 Å². The molecule has 2 aliphatic rings. The summed E-state index contributed by atoms with van der Waals surface area (Å²) in [6, 6.07) is 0.0504. The number of carbonyl (C=O) groups excluding carboxylic acids is 1. The van der Waals surface area contributed by atoms with Crippen LogP contribution in [0.15, 0.2) is 42.5 Å². The molecule has 0 amide bonds. The van der Waals surface area contributed by atoms with Crippen molar-refractivity contribution in [3.05, 3.63) is 42.5 Å². The molecule has 2 N–H and O–H groups in total. The first-order valence-corrected chi connectivity index (χ1v) is 14.3. The van der Waals surface area contributed by atoms with Gasteiger partial charge in [0.05, 0.1) is 32.7 Å². The molecule has 0 fully saturated rings. The lowest BCUT2D eigenvalue weighted by molar-refractivity contribution is -0.117. The van der Waals surface area contributed by atoms with Crippen molar-refractivity contribution in [2.24, 2.45) is 11.3 Å². The van der Waals surface area contributed by atoms with E-state index < -0.39 is 8.60 Å². The number of thioether (sulfide) groups is 1. The second-order valence-electron chi connectivity index (χ2n) is 9.78. The molecule has 200 valence electrons. The second kappa shape index (κ2) is 12.4. The van der Waals surface area contributed by atoms with Gasteiger partial charge in [0.1, 0.15) is 5.76 Å². The number of methoxy groups -OCH3 is 1. The zero-order chi connectivity index (χ0) is 26.4. The largest absolute Gasteiger partial charge is 0.479 e. The molecule has 0 aromatic carbocycles. The monoisotopic (exact) mass is 547 g/mol. The highest BCUT2D eigenvalue weighted by atomic mass is 32.2. The predicted molar refractivity (Wildman–Crippen MR) is 146 cm³/mol. The highest BCUT2D eigenvalue weighted by Gasteiger charge is 2.27. The number of allylic oxidation sites excluding steroid dienone is 4. The smallest absolute Gasteiger partial charge is 0.397 e. The Morgan fingerprint density at radius 1 is 1.24 bits per heavy atom. The van der Waals surface area contributed by atoms with Crippen LogP contribution in [0.1, 0.15) is 46.1 Å². The fraction of sp³-hybridized carbons (Fsp3) is 0.520. The number of rotatable bonds is 11. The van der Waals surface area contributed by atoms with Crippen LogP contribution in [0.25, 0.3) is 11.2 Å². The molecule has 0 radical (unpaired) electrons. The van der Waals surface area contributed by atoms with Crippen LogP contribution in [0.3, 0.4) is 0 Å². The first kappa shape index (κ1) is 27.6. The number of nitrogens with zero attached hydrogens (tertiary/aromatic N) is 4. The van der Waals surface area contributed by atoms with Crippen LogP contribution < -0.4 is 10.5 Å². The summed E-state index contributed by atoms with van der Waals surface area (Å²) in [5.74, 6) is 1.96. The van der Waals surface area contributed by atoms with Gasteiger partial charge in [-0.2, -0.15) is 9.97 Å². The molecule has 3 atom stereocenters. The molecule has 10 nitrogen and oxygen atoms in total. The van der Waals surface area contributed by atoms with E-state index in [1.807, 2.05) is 37.5 Å². The number of aromatic nitrogens is 4. The van der Waals surface area contributed by atoms with Crippen LogP contribution in [0.5, 0.6) is 5.88 Å². The van der Waals surface area contributed by atoms with Crippen molar-refractivity contribution in [2.45, 2.75) is 46.1 Å². The Morgan fingerprint density at radius 2 is 2.08 bits per heavy atom. The lowest BCUT2D eigenvalue weighted by Gasteiger charge is -2.21. The van der Waals surface area contributed by atoms with Gasteiger partial charge < -0.3 is 28.6 Å². The van der Waals surface area contributed by atoms with Crippen LogP contribution in [0.4, 0.5) is 5.95 Å². The zero-order valence-electron chi connectivity index (χ0n) is 21.6. The van der Waals surface area contributed by atoms with Crippen molar-refractivity contribution in [3.8, 4) is 5.88 Å².